The second kappa shape index (κ2) is 6.44. The summed E-state index contributed by atoms with van der Waals surface area (Å²) >= 11 is 1.57. The van der Waals surface area contributed by atoms with Gasteiger partial charge in [0.15, 0.2) is 5.13 Å². The molecule has 0 unspecified atom stereocenters. The van der Waals surface area contributed by atoms with Crippen molar-refractivity contribution in [2.75, 3.05) is 16.8 Å². The van der Waals surface area contributed by atoms with E-state index in [1.165, 1.54) is 11.1 Å². The Bertz CT molecular complexity index is 918. The van der Waals surface area contributed by atoms with E-state index >= 15 is 0 Å². The van der Waals surface area contributed by atoms with Gasteiger partial charge in [0.25, 0.3) is 0 Å². The Morgan fingerprint density at radius 1 is 1.04 bits per heavy atom. The molecule has 3 heterocycles. The van der Waals surface area contributed by atoms with Crippen molar-refractivity contribution >= 4 is 28.2 Å². The predicted molar refractivity (Wildman–Crippen MR) is 103 cm³/mol. The first-order chi connectivity index (χ1) is 12.1. The van der Waals surface area contributed by atoms with E-state index in [0.29, 0.717) is 5.95 Å². The molecule has 0 saturated heterocycles. The quantitative estimate of drug-likeness (QED) is 0.768. The van der Waals surface area contributed by atoms with Crippen LogP contribution in [-0.4, -0.2) is 21.5 Å². The van der Waals surface area contributed by atoms with Gasteiger partial charge < -0.3 is 4.90 Å². The van der Waals surface area contributed by atoms with Crippen molar-refractivity contribution in [2.24, 2.45) is 0 Å². The van der Waals surface area contributed by atoms with E-state index in [1.54, 1.807) is 11.3 Å². The number of anilines is 3. The van der Waals surface area contributed by atoms with E-state index in [4.69, 9.17) is 4.98 Å². The molecule has 2 aromatic heterocycles. The molecule has 0 spiro atoms. The highest BCUT2D eigenvalue weighted by molar-refractivity contribution is 7.13. The minimum atomic E-state index is 0.617. The number of thiazole rings is 1. The molecular weight excluding hydrogens is 330 g/mol. The number of rotatable bonds is 3. The zero-order valence-corrected chi connectivity index (χ0v) is 15.5. The number of hydrogen-bond acceptors (Lipinski definition) is 6. The van der Waals surface area contributed by atoms with E-state index in [0.717, 1.165) is 47.4 Å². The Kier molecular flexibility index (Phi) is 4.13. The lowest BCUT2D eigenvalue weighted by molar-refractivity contribution is 0.716. The Morgan fingerprint density at radius 2 is 1.84 bits per heavy atom. The van der Waals surface area contributed by atoms with Crippen molar-refractivity contribution in [3.05, 3.63) is 57.7 Å². The number of fused-ring (bicyclic) bond motifs is 1. The van der Waals surface area contributed by atoms with E-state index in [1.807, 2.05) is 19.2 Å². The second-order valence-electron chi connectivity index (χ2n) is 6.44. The molecule has 1 aliphatic rings. The molecule has 0 radical (unpaired) electrons. The van der Waals surface area contributed by atoms with Crippen LogP contribution >= 0.6 is 11.3 Å². The van der Waals surface area contributed by atoms with Crippen molar-refractivity contribution in [3.8, 4) is 0 Å². The largest absolute Gasteiger partial charge is 0.352 e. The van der Waals surface area contributed by atoms with Crippen LogP contribution in [0.4, 0.5) is 16.9 Å². The van der Waals surface area contributed by atoms with Crippen LogP contribution in [-0.2, 0) is 13.0 Å². The van der Waals surface area contributed by atoms with E-state index in [-0.39, 0.29) is 0 Å². The number of hydrogen-bond donors (Lipinski definition) is 1. The Labute approximate surface area is 151 Å². The molecule has 4 rings (SSSR count). The highest BCUT2D eigenvalue weighted by Gasteiger charge is 2.20. The number of aryl methyl sites for hydroxylation is 2. The zero-order valence-electron chi connectivity index (χ0n) is 14.7. The summed E-state index contributed by atoms with van der Waals surface area (Å²) in [6.07, 6.45) is 1.05. The van der Waals surface area contributed by atoms with Crippen molar-refractivity contribution in [1.82, 2.24) is 15.0 Å². The van der Waals surface area contributed by atoms with Crippen LogP contribution in [0.5, 0.6) is 0 Å². The standard InChI is InChI=1S/C19H21N5S/c1-12-11-25-19(20-12)23-18-21-14(3)13(2)17(22-18)24-9-8-15-6-4-5-7-16(15)10-24/h4-7,11H,8-10H2,1-3H3,(H,20,21,22,23). The first-order valence-electron chi connectivity index (χ1n) is 8.46. The summed E-state index contributed by atoms with van der Waals surface area (Å²) in [5.41, 5.74) is 5.97. The lowest BCUT2D eigenvalue weighted by atomic mass is 9.99. The predicted octanol–water partition coefficient (Wildman–Crippen LogP) is 4.16. The molecule has 1 aromatic carbocycles. The summed E-state index contributed by atoms with van der Waals surface area (Å²) < 4.78 is 0. The van der Waals surface area contributed by atoms with Crippen LogP contribution in [0.2, 0.25) is 0 Å². The van der Waals surface area contributed by atoms with Crippen LogP contribution in [0.3, 0.4) is 0 Å². The van der Waals surface area contributed by atoms with Crippen LogP contribution < -0.4 is 10.2 Å². The Morgan fingerprint density at radius 3 is 2.60 bits per heavy atom. The number of benzene rings is 1. The molecule has 5 nitrogen and oxygen atoms in total. The summed E-state index contributed by atoms with van der Waals surface area (Å²) in [5.74, 6) is 1.63. The molecule has 25 heavy (non-hydrogen) atoms. The average Bonchev–Trinajstić information content (AvgIpc) is 3.02. The normalized spacial score (nSPS) is 13.6. The van der Waals surface area contributed by atoms with Crippen LogP contribution in [0.15, 0.2) is 29.6 Å². The SMILES string of the molecule is Cc1csc(Nc2nc(C)c(C)c(N3CCc4ccccc4C3)n2)n1. The van der Waals surface area contributed by atoms with E-state index < -0.39 is 0 Å². The third kappa shape index (κ3) is 3.22. The van der Waals surface area contributed by atoms with Gasteiger partial charge in [0.05, 0.1) is 5.69 Å². The van der Waals surface area contributed by atoms with Crippen LogP contribution in [0, 0.1) is 20.8 Å². The minimum Gasteiger partial charge on any atom is -0.352 e. The molecule has 0 fully saturated rings. The smallest absolute Gasteiger partial charge is 0.231 e. The first kappa shape index (κ1) is 16.0. The fourth-order valence-electron chi connectivity index (χ4n) is 3.16. The Balaban J connectivity index is 1.65. The van der Waals surface area contributed by atoms with Crippen molar-refractivity contribution < 1.29 is 0 Å². The van der Waals surface area contributed by atoms with Gasteiger partial charge in [0.2, 0.25) is 5.95 Å². The highest BCUT2D eigenvalue weighted by atomic mass is 32.1. The summed E-state index contributed by atoms with van der Waals surface area (Å²) in [4.78, 5) is 16.2. The number of nitrogens with zero attached hydrogens (tertiary/aromatic N) is 4. The Hall–Kier alpha value is -2.47. The van der Waals surface area contributed by atoms with Gasteiger partial charge in [0, 0.05) is 29.7 Å². The topological polar surface area (TPSA) is 53.9 Å². The van der Waals surface area contributed by atoms with Gasteiger partial charge in [0.1, 0.15) is 5.82 Å². The molecule has 0 bridgehead atoms. The van der Waals surface area contributed by atoms with E-state index in [2.05, 4.69) is 51.4 Å². The lowest BCUT2D eigenvalue weighted by Gasteiger charge is -2.31. The fraction of sp³-hybridized carbons (Fsp3) is 0.316. The second-order valence-corrected chi connectivity index (χ2v) is 7.30. The zero-order chi connectivity index (χ0) is 17.4. The van der Waals surface area contributed by atoms with Gasteiger partial charge in [-0.3, -0.25) is 5.32 Å². The minimum absolute atomic E-state index is 0.617. The van der Waals surface area contributed by atoms with Crippen molar-refractivity contribution in [1.29, 1.82) is 0 Å². The molecule has 128 valence electrons. The van der Waals surface area contributed by atoms with Gasteiger partial charge in [-0.15, -0.1) is 11.3 Å². The van der Waals surface area contributed by atoms with Gasteiger partial charge >= 0.3 is 0 Å². The molecule has 3 aromatic rings. The summed E-state index contributed by atoms with van der Waals surface area (Å²) in [5, 5.41) is 6.10. The maximum absolute atomic E-state index is 4.80. The fourth-order valence-corrected chi connectivity index (χ4v) is 3.84. The maximum Gasteiger partial charge on any atom is 0.231 e. The summed E-state index contributed by atoms with van der Waals surface area (Å²) in [7, 11) is 0. The maximum atomic E-state index is 4.80. The number of nitrogens with one attached hydrogen (secondary N) is 1. The van der Waals surface area contributed by atoms with E-state index in [9.17, 15) is 0 Å². The van der Waals surface area contributed by atoms with Crippen LogP contribution in [0.25, 0.3) is 0 Å². The first-order valence-corrected chi connectivity index (χ1v) is 9.34. The van der Waals surface area contributed by atoms with Crippen molar-refractivity contribution in [3.63, 3.8) is 0 Å². The van der Waals surface area contributed by atoms with Gasteiger partial charge in [-0.2, -0.15) is 4.98 Å². The molecule has 1 aliphatic heterocycles. The number of aromatic nitrogens is 3. The summed E-state index contributed by atoms with van der Waals surface area (Å²) in [6.45, 7) is 7.99. The monoisotopic (exact) mass is 351 g/mol. The molecule has 0 aliphatic carbocycles. The van der Waals surface area contributed by atoms with Crippen molar-refractivity contribution in [2.45, 2.75) is 33.7 Å². The third-order valence-corrected chi connectivity index (χ3v) is 5.51. The lowest BCUT2D eigenvalue weighted by Crippen LogP contribution is -2.32. The molecule has 1 N–H and O–H groups in total. The van der Waals surface area contributed by atoms with Gasteiger partial charge in [-0.1, -0.05) is 24.3 Å². The third-order valence-electron chi connectivity index (χ3n) is 4.63. The molecule has 0 saturated carbocycles. The van der Waals surface area contributed by atoms with Gasteiger partial charge in [-0.05, 0) is 38.3 Å². The molecule has 0 atom stereocenters. The molecule has 0 amide bonds. The molecule has 6 heteroatoms. The van der Waals surface area contributed by atoms with Crippen LogP contribution in [0.1, 0.15) is 28.1 Å². The van der Waals surface area contributed by atoms with Gasteiger partial charge in [-0.25, -0.2) is 9.97 Å². The average molecular weight is 351 g/mol. The highest BCUT2D eigenvalue weighted by Crippen LogP contribution is 2.28. The molecular formula is C19H21N5S. The summed E-state index contributed by atoms with van der Waals surface area (Å²) in [6, 6.07) is 8.66.